The highest BCUT2D eigenvalue weighted by molar-refractivity contribution is 6.32. The van der Waals surface area contributed by atoms with Gasteiger partial charge in [0.05, 0.1) is 23.7 Å². The number of rotatable bonds is 6. The van der Waals surface area contributed by atoms with Crippen molar-refractivity contribution >= 4 is 17.6 Å². The molecule has 2 fully saturated rings. The van der Waals surface area contributed by atoms with Crippen LogP contribution < -0.4 is 4.74 Å². The van der Waals surface area contributed by atoms with Crippen LogP contribution in [0.5, 0.6) is 5.75 Å². The van der Waals surface area contributed by atoms with Crippen molar-refractivity contribution in [1.82, 2.24) is 0 Å². The van der Waals surface area contributed by atoms with Gasteiger partial charge in [0.25, 0.3) is 0 Å². The van der Waals surface area contributed by atoms with Crippen LogP contribution >= 0.6 is 11.6 Å². The summed E-state index contributed by atoms with van der Waals surface area (Å²) in [6, 6.07) is 5.83. The third-order valence-corrected chi connectivity index (χ3v) is 5.27. The molecule has 0 bridgehead atoms. The monoisotopic (exact) mass is 334 g/mol. The van der Waals surface area contributed by atoms with E-state index >= 15 is 0 Å². The molecule has 1 heterocycles. The molecule has 124 valence electrons. The van der Waals surface area contributed by atoms with Crippen LogP contribution in [0.15, 0.2) is 30.4 Å². The minimum atomic E-state index is -0.439. The average Bonchev–Trinajstić information content (AvgIpc) is 2.97. The van der Waals surface area contributed by atoms with Crippen LogP contribution in [0.25, 0.3) is 0 Å². The van der Waals surface area contributed by atoms with E-state index in [1.807, 2.05) is 18.2 Å². The number of benzene rings is 1. The van der Waals surface area contributed by atoms with Crippen LogP contribution in [0.3, 0.4) is 0 Å². The van der Waals surface area contributed by atoms with Gasteiger partial charge in [-0.05, 0) is 43.4 Å². The summed E-state index contributed by atoms with van der Waals surface area (Å²) < 4.78 is 11.0. The maximum atomic E-state index is 12.3. The van der Waals surface area contributed by atoms with Gasteiger partial charge < -0.3 is 9.47 Å². The molecule has 1 saturated carbocycles. The maximum Gasteiger partial charge on any atom is 0.313 e. The number of halogens is 1. The summed E-state index contributed by atoms with van der Waals surface area (Å²) in [5.41, 5.74) is 1.76. The summed E-state index contributed by atoms with van der Waals surface area (Å²) in [5.74, 6) is 0.880. The van der Waals surface area contributed by atoms with Crippen molar-refractivity contribution in [3.63, 3.8) is 0 Å². The van der Waals surface area contributed by atoms with E-state index in [1.54, 1.807) is 0 Å². The predicted molar refractivity (Wildman–Crippen MR) is 90.8 cm³/mol. The van der Waals surface area contributed by atoms with Crippen molar-refractivity contribution in [1.29, 1.82) is 0 Å². The molecule has 0 spiro atoms. The lowest BCUT2D eigenvalue weighted by Gasteiger charge is -2.24. The third kappa shape index (κ3) is 3.12. The minimum absolute atomic E-state index is 0.0828. The molecule has 2 unspecified atom stereocenters. The Hall–Kier alpha value is -1.48. The van der Waals surface area contributed by atoms with E-state index in [9.17, 15) is 4.79 Å². The van der Waals surface area contributed by atoms with Gasteiger partial charge in [0, 0.05) is 5.92 Å². The van der Waals surface area contributed by atoms with Crippen molar-refractivity contribution in [2.45, 2.75) is 39.0 Å². The molecule has 3 nitrogen and oxygen atoms in total. The van der Waals surface area contributed by atoms with E-state index in [-0.39, 0.29) is 11.9 Å². The highest BCUT2D eigenvalue weighted by atomic mass is 35.5. The zero-order valence-electron chi connectivity index (χ0n) is 13.6. The number of unbranched alkanes of at least 4 members (excludes halogenated alkanes) is 1. The number of cyclic esters (lactones) is 1. The highest BCUT2D eigenvalue weighted by Gasteiger charge is 2.55. The largest absolute Gasteiger partial charge is 0.492 e. The average molecular weight is 335 g/mol. The second-order valence-electron chi connectivity index (χ2n) is 6.73. The molecule has 1 aromatic carbocycles. The smallest absolute Gasteiger partial charge is 0.313 e. The molecule has 0 amide bonds. The molecule has 3 rings (SSSR count). The Balaban J connectivity index is 1.76. The number of carbonyl (C=O) groups excluding carboxylic acids is 1. The van der Waals surface area contributed by atoms with Crippen LogP contribution in [-0.4, -0.2) is 19.2 Å². The fraction of sp³-hybridized carbons (Fsp3) is 0.526. The summed E-state index contributed by atoms with van der Waals surface area (Å²) in [5, 5.41) is 0.606. The van der Waals surface area contributed by atoms with E-state index in [0.29, 0.717) is 30.4 Å². The predicted octanol–water partition coefficient (Wildman–Crippen LogP) is 4.57. The number of fused-ring (bicyclic) bond motifs is 1. The number of ether oxygens (including phenoxy) is 2. The zero-order chi connectivity index (χ0) is 16.4. The summed E-state index contributed by atoms with van der Waals surface area (Å²) >= 11 is 6.34. The van der Waals surface area contributed by atoms with E-state index in [4.69, 9.17) is 21.1 Å². The van der Waals surface area contributed by atoms with Gasteiger partial charge in [0.1, 0.15) is 5.75 Å². The van der Waals surface area contributed by atoms with Crippen LogP contribution in [0, 0.1) is 11.3 Å². The molecule has 2 atom stereocenters. The summed E-state index contributed by atoms with van der Waals surface area (Å²) in [7, 11) is 0. The number of hydrogen-bond acceptors (Lipinski definition) is 3. The fourth-order valence-electron chi connectivity index (χ4n) is 3.72. The Labute approximate surface area is 142 Å². The lowest BCUT2D eigenvalue weighted by molar-refractivity contribution is -0.146. The first-order valence-electron chi connectivity index (χ1n) is 8.30. The van der Waals surface area contributed by atoms with Crippen LogP contribution in [-0.2, 0) is 16.0 Å². The molecule has 2 aliphatic rings. The molecule has 0 aromatic heterocycles. The van der Waals surface area contributed by atoms with E-state index in [2.05, 4.69) is 13.5 Å². The van der Waals surface area contributed by atoms with Crippen LogP contribution in [0.2, 0.25) is 5.02 Å². The molecule has 1 saturated heterocycles. The first-order valence-corrected chi connectivity index (χ1v) is 8.68. The van der Waals surface area contributed by atoms with E-state index in [0.717, 1.165) is 36.8 Å². The van der Waals surface area contributed by atoms with Crippen molar-refractivity contribution in [3.8, 4) is 5.75 Å². The summed E-state index contributed by atoms with van der Waals surface area (Å²) in [4.78, 5) is 12.3. The first kappa shape index (κ1) is 16.4. The van der Waals surface area contributed by atoms with Gasteiger partial charge in [0.2, 0.25) is 0 Å². The molecular weight excluding hydrogens is 312 g/mol. The molecular formula is C19H23ClO3. The fourth-order valence-corrected chi connectivity index (χ4v) is 3.98. The molecule has 1 aromatic rings. The Bertz CT molecular complexity index is 625. The highest BCUT2D eigenvalue weighted by Crippen LogP contribution is 2.52. The Morgan fingerprint density at radius 2 is 2.30 bits per heavy atom. The van der Waals surface area contributed by atoms with Crippen molar-refractivity contribution < 1.29 is 14.3 Å². The van der Waals surface area contributed by atoms with Gasteiger partial charge in [-0.2, -0.15) is 0 Å². The van der Waals surface area contributed by atoms with Gasteiger partial charge in [-0.3, -0.25) is 4.79 Å². The van der Waals surface area contributed by atoms with Gasteiger partial charge in [0.15, 0.2) is 0 Å². The number of allylic oxidation sites excluding steroid dienone is 1. The van der Waals surface area contributed by atoms with Crippen molar-refractivity contribution in [2.75, 3.05) is 13.2 Å². The van der Waals surface area contributed by atoms with Crippen LogP contribution in [0.4, 0.5) is 0 Å². The summed E-state index contributed by atoms with van der Waals surface area (Å²) in [6.45, 7) is 7.39. The van der Waals surface area contributed by atoms with E-state index < -0.39 is 5.41 Å². The Kier molecular flexibility index (Phi) is 4.67. The van der Waals surface area contributed by atoms with E-state index in [1.165, 1.54) is 0 Å². The third-order valence-electron chi connectivity index (χ3n) is 4.98. The summed E-state index contributed by atoms with van der Waals surface area (Å²) in [6.07, 6.45) is 4.37. The Morgan fingerprint density at radius 1 is 1.48 bits per heavy atom. The lowest BCUT2D eigenvalue weighted by atomic mass is 9.75. The second kappa shape index (κ2) is 6.56. The molecule has 4 heteroatoms. The molecule has 1 aliphatic carbocycles. The van der Waals surface area contributed by atoms with Gasteiger partial charge in [-0.1, -0.05) is 43.2 Å². The minimum Gasteiger partial charge on any atom is -0.492 e. The van der Waals surface area contributed by atoms with Gasteiger partial charge >= 0.3 is 5.97 Å². The van der Waals surface area contributed by atoms with Crippen molar-refractivity contribution in [3.05, 3.63) is 40.9 Å². The topological polar surface area (TPSA) is 35.5 Å². The Morgan fingerprint density at radius 3 is 3.04 bits per heavy atom. The molecule has 1 aliphatic heterocycles. The number of esters is 1. The SMILES string of the molecule is C=C1CC2COC(=O)C2(Cc2ccc(OCCCC)c(Cl)c2)C1. The second-order valence-corrected chi connectivity index (χ2v) is 7.13. The van der Waals surface area contributed by atoms with Gasteiger partial charge in [-0.15, -0.1) is 0 Å². The lowest BCUT2D eigenvalue weighted by Crippen LogP contribution is -2.31. The molecule has 0 N–H and O–H groups in total. The standard InChI is InChI=1S/C19H23ClO3/c1-3-4-7-22-17-6-5-14(9-16(17)20)11-19-10-13(2)8-15(19)12-23-18(19)21/h5-6,9,15H,2-4,7-8,10-12H2,1H3. The van der Waals surface area contributed by atoms with Crippen LogP contribution in [0.1, 0.15) is 38.2 Å². The molecule has 0 radical (unpaired) electrons. The van der Waals surface area contributed by atoms with Crippen molar-refractivity contribution in [2.24, 2.45) is 11.3 Å². The number of hydrogen-bond donors (Lipinski definition) is 0. The molecule has 23 heavy (non-hydrogen) atoms. The first-order chi connectivity index (χ1) is 11.0. The van der Waals surface area contributed by atoms with Gasteiger partial charge in [-0.25, -0.2) is 0 Å². The number of carbonyl (C=O) groups is 1. The zero-order valence-corrected chi connectivity index (χ0v) is 14.3. The normalized spacial score (nSPS) is 26.3. The quantitative estimate of drug-likeness (QED) is 0.434. The maximum absolute atomic E-state index is 12.3.